The van der Waals surface area contributed by atoms with E-state index in [4.69, 9.17) is 0 Å². The molecule has 4 fully saturated rings. The van der Waals surface area contributed by atoms with Crippen LogP contribution in [0.15, 0.2) is 36.4 Å². The summed E-state index contributed by atoms with van der Waals surface area (Å²) < 4.78 is 36.3. The molecule has 0 bridgehead atoms. The van der Waals surface area contributed by atoms with Crippen molar-refractivity contribution in [2.45, 2.75) is 101 Å². The number of rotatable bonds is 5. The van der Waals surface area contributed by atoms with E-state index in [1.807, 2.05) is 46.2 Å². The lowest BCUT2D eigenvalue weighted by Crippen LogP contribution is -2.43. The topological polar surface area (TPSA) is 52.7 Å². The maximum absolute atomic E-state index is 12.1. The smallest absolute Gasteiger partial charge is 0.340 e. The molecule has 5 rings (SSSR count). The average molecular weight is 496 g/mol. The van der Waals surface area contributed by atoms with Crippen molar-refractivity contribution in [3.05, 3.63) is 36.4 Å². The van der Waals surface area contributed by atoms with Gasteiger partial charge in [-0.25, -0.2) is 0 Å². The Balaban J connectivity index is 0.000000184. The van der Waals surface area contributed by atoms with Crippen LogP contribution in [-0.4, -0.2) is 65.6 Å². The molecule has 196 valence electrons. The third-order valence-corrected chi connectivity index (χ3v) is 7.54. The zero-order valence-electron chi connectivity index (χ0n) is 20.6. The number of carbonyl (C=O) groups excluding carboxylic acids is 2. The summed E-state index contributed by atoms with van der Waals surface area (Å²) in [5.41, 5.74) is 0.377. The van der Waals surface area contributed by atoms with Gasteiger partial charge in [0.05, 0.1) is 0 Å². The molecule has 5 nitrogen and oxygen atoms in total. The van der Waals surface area contributed by atoms with Gasteiger partial charge in [0.1, 0.15) is 0 Å². The SMILES string of the molecule is O=C1CCCC(NCCCC(F)(F)F)C[C@H]2CCCN12.O=CN1CCCC12CC2.c1ccccc1. The van der Waals surface area contributed by atoms with Gasteiger partial charge in [0.15, 0.2) is 0 Å². The number of likely N-dealkylation sites (tertiary alicyclic amines) is 1. The first kappa shape index (κ1) is 27.5. The number of hydrogen-bond acceptors (Lipinski definition) is 3. The second-order valence-electron chi connectivity index (χ2n) is 10.2. The molecule has 1 unspecified atom stereocenters. The Morgan fingerprint density at radius 3 is 2.23 bits per heavy atom. The van der Waals surface area contributed by atoms with Gasteiger partial charge in [-0.05, 0) is 70.8 Å². The molecule has 3 saturated heterocycles. The van der Waals surface area contributed by atoms with Gasteiger partial charge in [0, 0.05) is 43.6 Å². The Hall–Kier alpha value is -2.09. The number of nitrogens with zero attached hydrogens (tertiary/aromatic N) is 2. The molecule has 0 radical (unpaired) electrons. The summed E-state index contributed by atoms with van der Waals surface area (Å²) in [5, 5.41) is 3.25. The molecule has 3 heterocycles. The molecular formula is C27H40F3N3O2. The van der Waals surface area contributed by atoms with Gasteiger partial charge < -0.3 is 15.1 Å². The number of nitrogens with one attached hydrogen (secondary N) is 1. The molecule has 0 aromatic heterocycles. The van der Waals surface area contributed by atoms with E-state index in [9.17, 15) is 22.8 Å². The van der Waals surface area contributed by atoms with Crippen molar-refractivity contribution in [3.63, 3.8) is 0 Å². The van der Waals surface area contributed by atoms with E-state index in [1.165, 1.54) is 25.7 Å². The highest BCUT2D eigenvalue weighted by molar-refractivity contribution is 5.76. The van der Waals surface area contributed by atoms with E-state index in [2.05, 4.69) is 5.32 Å². The molecule has 1 saturated carbocycles. The van der Waals surface area contributed by atoms with Crippen molar-refractivity contribution in [2.24, 2.45) is 0 Å². The number of halogens is 3. The summed E-state index contributed by atoms with van der Waals surface area (Å²) in [6, 6.07) is 12.5. The second-order valence-corrected chi connectivity index (χ2v) is 10.2. The summed E-state index contributed by atoms with van der Waals surface area (Å²) in [5.74, 6) is 0.253. The Morgan fingerprint density at radius 2 is 1.66 bits per heavy atom. The van der Waals surface area contributed by atoms with Crippen LogP contribution in [0.2, 0.25) is 0 Å². The Labute approximate surface area is 207 Å². The van der Waals surface area contributed by atoms with Crippen molar-refractivity contribution in [1.82, 2.24) is 15.1 Å². The number of fused-ring (bicyclic) bond motifs is 1. The molecule has 1 N–H and O–H groups in total. The molecule has 2 atom stereocenters. The Kier molecular flexibility index (Phi) is 10.4. The summed E-state index contributed by atoms with van der Waals surface area (Å²) in [6.07, 6.45) is 6.63. The standard InChI is InChI=1S/C14H23F3N2O.C7H11NO.C6H6/c15-14(16,17)7-3-8-18-11-4-1-6-13(20)19-9-2-5-12(19)10-11;9-6-8-5-1-2-7(8)3-4-7;1-2-4-6-5-3-1/h11-12,18H,1-10H2;6H,1-5H2;1-6H/t11?,12-;;/m1../s1. The maximum atomic E-state index is 12.1. The van der Waals surface area contributed by atoms with E-state index in [0.29, 0.717) is 24.5 Å². The van der Waals surface area contributed by atoms with Crippen LogP contribution >= 0.6 is 0 Å². The summed E-state index contributed by atoms with van der Waals surface area (Å²) >= 11 is 0. The number of carbonyl (C=O) groups is 2. The van der Waals surface area contributed by atoms with E-state index in [1.54, 1.807) is 0 Å². The minimum Gasteiger partial charge on any atom is -0.340 e. The van der Waals surface area contributed by atoms with Gasteiger partial charge in [0.25, 0.3) is 0 Å². The van der Waals surface area contributed by atoms with Crippen LogP contribution in [0.3, 0.4) is 0 Å². The van der Waals surface area contributed by atoms with Gasteiger partial charge >= 0.3 is 6.18 Å². The van der Waals surface area contributed by atoms with Crippen LogP contribution in [-0.2, 0) is 9.59 Å². The van der Waals surface area contributed by atoms with Crippen molar-refractivity contribution >= 4 is 12.3 Å². The lowest BCUT2D eigenvalue weighted by molar-refractivity contribution is -0.136. The minimum atomic E-state index is -4.06. The first-order valence-corrected chi connectivity index (χ1v) is 13.1. The molecule has 2 amide bonds. The highest BCUT2D eigenvalue weighted by atomic mass is 19.4. The monoisotopic (exact) mass is 495 g/mol. The summed E-state index contributed by atoms with van der Waals surface area (Å²) in [4.78, 5) is 26.3. The van der Waals surface area contributed by atoms with Gasteiger partial charge in [-0.1, -0.05) is 36.4 Å². The van der Waals surface area contributed by atoms with Crippen LogP contribution in [0.1, 0.15) is 77.0 Å². The average Bonchev–Trinajstić information content (AvgIpc) is 3.28. The fraction of sp³-hybridized carbons (Fsp3) is 0.704. The van der Waals surface area contributed by atoms with Crippen LogP contribution in [0, 0.1) is 0 Å². The first-order valence-electron chi connectivity index (χ1n) is 13.1. The molecule has 1 aromatic rings. The molecular weight excluding hydrogens is 455 g/mol. The van der Waals surface area contributed by atoms with E-state index in [-0.39, 0.29) is 18.4 Å². The molecule has 35 heavy (non-hydrogen) atoms. The number of alkyl halides is 3. The lowest BCUT2D eigenvalue weighted by atomic mass is 9.97. The van der Waals surface area contributed by atoms with Crippen molar-refractivity contribution in [3.8, 4) is 0 Å². The third-order valence-electron chi connectivity index (χ3n) is 7.54. The largest absolute Gasteiger partial charge is 0.389 e. The van der Waals surface area contributed by atoms with Crippen LogP contribution in [0.25, 0.3) is 0 Å². The van der Waals surface area contributed by atoms with Crippen molar-refractivity contribution in [1.29, 1.82) is 0 Å². The summed E-state index contributed by atoms with van der Waals surface area (Å²) in [7, 11) is 0. The van der Waals surface area contributed by atoms with Gasteiger partial charge in [0.2, 0.25) is 12.3 Å². The highest BCUT2D eigenvalue weighted by Gasteiger charge is 2.50. The Morgan fingerprint density at radius 1 is 0.971 bits per heavy atom. The quantitative estimate of drug-likeness (QED) is 0.445. The van der Waals surface area contributed by atoms with Crippen LogP contribution < -0.4 is 5.32 Å². The van der Waals surface area contributed by atoms with Crippen molar-refractivity contribution < 1.29 is 22.8 Å². The van der Waals surface area contributed by atoms with Gasteiger partial charge in [-0.15, -0.1) is 0 Å². The van der Waals surface area contributed by atoms with Crippen LogP contribution in [0.5, 0.6) is 0 Å². The lowest BCUT2D eigenvalue weighted by Gasteiger charge is -2.31. The fourth-order valence-corrected chi connectivity index (χ4v) is 5.47. The highest BCUT2D eigenvalue weighted by Crippen LogP contribution is 2.48. The third kappa shape index (κ3) is 9.13. The van der Waals surface area contributed by atoms with Crippen molar-refractivity contribution in [2.75, 3.05) is 19.6 Å². The molecule has 1 aliphatic carbocycles. The summed E-state index contributed by atoms with van der Waals surface area (Å²) in [6.45, 7) is 2.26. The predicted molar refractivity (Wildman–Crippen MR) is 131 cm³/mol. The molecule has 8 heteroatoms. The minimum absolute atomic E-state index is 0.132. The molecule has 4 aliphatic rings. The normalized spacial score (nSPS) is 24.9. The molecule has 1 spiro atoms. The number of benzene rings is 1. The van der Waals surface area contributed by atoms with E-state index in [0.717, 1.165) is 51.6 Å². The van der Waals surface area contributed by atoms with Gasteiger partial charge in [-0.3, -0.25) is 9.59 Å². The second kappa shape index (κ2) is 13.3. The van der Waals surface area contributed by atoms with E-state index < -0.39 is 12.6 Å². The maximum Gasteiger partial charge on any atom is 0.389 e. The van der Waals surface area contributed by atoms with E-state index >= 15 is 0 Å². The number of amides is 2. The molecule has 3 aliphatic heterocycles. The Bertz CT molecular complexity index is 744. The zero-order chi connectivity index (χ0) is 25.2. The predicted octanol–water partition coefficient (Wildman–Crippen LogP) is 5.31. The zero-order valence-corrected chi connectivity index (χ0v) is 20.6. The number of hydrogen-bond donors (Lipinski definition) is 1. The van der Waals surface area contributed by atoms with Crippen LogP contribution in [0.4, 0.5) is 13.2 Å². The molecule has 1 aromatic carbocycles. The van der Waals surface area contributed by atoms with Gasteiger partial charge in [-0.2, -0.15) is 13.2 Å². The first-order chi connectivity index (χ1) is 16.8. The fourth-order valence-electron chi connectivity index (χ4n) is 5.47.